The first kappa shape index (κ1) is 18.5. The van der Waals surface area contributed by atoms with Gasteiger partial charge in [-0.1, -0.05) is 30.3 Å². The third-order valence-electron chi connectivity index (χ3n) is 4.26. The zero-order valence-corrected chi connectivity index (χ0v) is 15.3. The molecule has 0 aliphatic carbocycles. The van der Waals surface area contributed by atoms with E-state index in [1.54, 1.807) is 20.1 Å². The van der Waals surface area contributed by atoms with E-state index >= 15 is 0 Å². The van der Waals surface area contributed by atoms with Gasteiger partial charge in [0.15, 0.2) is 6.61 Å². The van der Waals surface area contributed by atoms with Crippen LogP contribution in [-0.4, -0.2) is 32.1 Å². The molecule has 0 aliphatic rings. The van der Waals surface area contributed by atoms with E-state index in [4.69, 9.17) is 13.9 Å². The molecule has 0 unspecified atom stereocenters. The summed E-state index contributed by atoms with van der Waals surface area (Å²) in [7, 11) is 1.61. The quantitative estimate of drug-likeness (QED) is 0.649. The van der Waals surface area contributed by atoms with Crippen molar-refractivity contribution in [2.24, 2.45) is 0 Å². The number of methoxy groups -OCH3 is 1. The van der Waals surface area contributed by atoms with Crippen molar-refractivity contribution >= 4 is 22.8 Å². The Balaban J connectivity index is 1.46. The first-order chi connectivity index (χ1) is 13.1. The highest BCUT2D eigenvalue weighted by atomic mass is 16.5. The summed E-state index contributed by atoms with van der Waals surface area (Å²) in [6.07, 6.45) is 0.673. The van der Waals surface area contributed by atoms with Gasteiger partial charge in [-0.15, -0.1) is 0 Å². The predicted molar refractivity (Wildman–Crippen MR) is 101 cm³/mol. The van der Waals surface area contributed by atoms with Crippen LogP contribution in [0.5, 0.6) is 5.75 Å². The number of amides is 1. The molecule has 0 spiro atoms. The molecule has 140 valence electrons. The van der Waals surface area contributed by atoms with Gasteiger partial charge in [-0.2, -0.15) is 0 Å². The molecule has 2 aromatic carbocycles. The maximum absolute atomic E-state index is 12.2. The molecule has 1 N–H and O–H groups in total. The summed E-state index contributed by atoms with van der Waals surface area (Å²) in [6, 6.07) is 15.0. The van der Waals surface area contributed by atoms with Gasteiger partial charge < -0.3 is 19.2 Å². The Labute approximate surface area is 157 Å². The molecule has 1 heterocycles. The van der Waals surface area contributed by atoms with Crippen molar-refractivity contribution in [1.29, 1.82) is 0 Å². The first-order valence-electron chi connectivity index (χ1n) is 8.63. The predicted octanol–water partition coefficient (Wildman–Crippen LogP) is 3.27. The van der Waals surface area contributed by atoms with E-state index in [9.17, 15) is 9.59 Å². The molecule has 1 amide bonds. The lowest BCUT2D eigenvalue weighted by atomic mass is 10.1. The molecule has 27 heavy (non-hydrogen) atoms. The maximum atomic E-state index is 12.2. The number of hydrogen-bond acceptors (Lipinski definition) is 5. The third kappa shape index (κ3) is 4.47. The van der Waals surface area contributed by atoms with E-state index in [1.165, 1.54) is 0 Å². The van der Waals surface area contributed by atoms with Gasteiger partial charge in [0.25, 0.3) is 5.91 Å². The summed E-state index contributed by atoms with van der Waals surface area (Å²) in [5, 5.41) is 3.58. The largest absolute Gasteiger partial charge is 0.497 e. The monoisotopic (exact) mass is 367 g/mol. The van der Waals surface area contributed by atoms with Gasteiger partial charge in [0.2, 0.25) is 5.76 Å². The molecule has 0 aliphatic heterocycles. The Morgan fingerprint density at radius 3 is 2.52 bits per heavy atom. The number of fused-ring (bicyclic) bond motifs is 1. The lowest BCUT2D eigenvalue weighted by molar-refractivity contribution is -0.124. The molecule has 0 bridgehead atoms. The highest BCUT2D eigenvalue weighted by molar-refractivity contribution is 5.96. The molecule has 6 nitrogen and oxygen atoms in total. The Morgan fingerprint density at radius 1 is 1.07 bits per heavy atom. The minimum absolute atomic E-state index is 0.127. The topological polar surface area (TPSA) is 77.8 Å². The molecular weight excluding hydrogens is 346 g/mol. The average molecular weight is 367 g/mol. The number of para-hydroxylation sites is 1. The van der Waals surface area contributed by atoms with E-state index in [0.29, 0.717) is 24.1 Å². The lowest BCUT2D eigenvalue weighted by Gasteiger charge is -2.07. The van der Waals surface area contributed by atoms with Crippen LogP contribution in [0.15, 0.2) is 52.9 Å². The fourth-order valence-corrected chi connectivity index (χ4v) is 2.76. The Bertz CT molecular complexity index is 943. The lowest BCUT2D eigenvalue weighted by Crippen LogP contribution is -2.30. The Morgan fingerprint density at radius 2 is 1.81 bits per heavy atom. The van der Waals surface area contributed by atoms with Crippen molar-refractivity contribution in [3.05, 3.63) is 65.4 Å². The van der Waals surface area contributed by atoms with Crippen molar-refractivity contribution in [1.82, 2.24) is 5.32 Å². The fourth-order valence-electron chi connectivity index (χ4n) is 2.76. The summed E-state index contributed by atoms with van der Waals surface area (Å²) in [5.41, 5.74) is 2.40. The molecule has 3 rings (SSSR count). The number of furan rings is 1. The Hall–Kier alpha value is -3.28. The SMILES string of the molecule is COc1ccc(CCNC(=O)COC(=O)c2oc3ccccc3c2C)cc1. The van der Waals surface area contributed by atoms with Gasteiger partial charge >= 0.3 is 5.97 Å². The maximum Gasteiger partial charge on any atom is 0.375 e. The number of esters is 1. The summed E-state index contributed by atoms with van der Waals surface area (Å²) in [5.74, 6) is -0.0857. The minimum Gasteiger partial charge on any atom is -0.497 e. The van der Waals surface area contributed by atoms with Gasteiger partial charge in [-0.25, -0.2) is 4.79 Å². The summed E-state index contributed by atoms with van der Waals surface area (Å²) in [4.78, 5) is 24.1. The van der Waals surface area contributed by atoms with Gasteiger partial charge in [0.05, 0.1) is 7.11 Å². The smallest absolute Gasteiger partial charge is 0.375 e. The fraction of sp³-hybridized carbons (Fsp3) is 0.238. The molecular formula is C21H21NO5. The zero-order valence-electron chi connectivity index (χ0n) is 15.3. The van der Waals surface area contributed by atoms with Gasteiger partial charge in [0, 0.05) is 17.5 Å². The van der Waals surface area contributed by atoms with Crippen LogP contribution in [0.3, 0.4) is 0 Å². The van der Waals surface area contributed by atoms with E-state index in [0.717, 1.165) is 16.7 Å². The number of hydrogen-bond donors (Lipinski definition) is 1. The number of nitrogens with one attached hydrogen (secondary N) is 1. The zero-order chi connectivity index (χ0) is 19.2. The molecule has 3 aromatic rings. The van der Waals surface area contributed by atoms with Crippen LogP contribution < -0.4 is 10.1 Å². The molecule has 0 saturated heterocycles. The normalized spacial score (nSPS) is 10.6. The number of aryl methyl sites for hydroxylation is 1. The van der Waals surface area contributed by atoms with Crippen molar-refractivity contribution in [2.75, 3.05) is 20.3 Å². The molecule has 0 saturated carbocycles. The van der Waals surface area contributed by atoms with Crippen LogP contribution in [0.25, 0.3) is 11.0 Å². The van der Waals surface area contributed by atoms with Crippen molar-refractivity contribution < 1.29 is 23.5 Å². The average Bonchev–Trinajstić information content (AvgIpc) is 3.04. The molecule has 0 fully saturated rings. The summed E-state index contributed by atoms with van der Waals surface area (Å²) >= 11 is 0. The molecule has 0 radical (unpaired) electrons. The van der Waals surface area contributed by atoms with Crippen molar-refractivity contribution in [2.45, 2.75) is 13.3 Å². The highest BCUT2D eigenvalue weighted by Crippen LogP contribution is 2.25. The number of ether oxygens (including phenoxy) is 2. The van der Waals surface area contributed by atoms with Crippen LogP contribution in [0.1, 0.15) is 21.7 Å². The van der Waals surface area contributed by atoms with E-state index in [2.05, 4.69) is 5.32 Å². The number of carbonyl (C=O) groups excluding carboxylic acids is 2. The highest BCUT2D eigenvalue weighted by Gasteiger charge is 2.19. The van der Waals surface area contributed by atoms with Crippen LogP contribution in [0.4, 0.5) is 0 Å². The standard InChI is InChI=1S/C21H21NO5/c1-14-17-5-3-4-6-18(17)27-20(14)21(24)26-13-19(23)22-12-11-15-7-9-16(25-2)10-8-15/h3-10H,11-13H2,1-2H3,(H,22,23). The van der Waals surface area contributed by atoms with Crippen LogP contribution in [0, 0.1) is 6.92 Å². The number of benzene rings is 2. The van der Waals surface area contributed by atoms with E-state index in [-0.39, 0.29) is 18.3 Å². The van der Waals surface area contributed by atoms with Gasteiger partial charge in [-0.05, 0) is 37.1 Å². The second-order valence-corrected chi connectivity index (χ2v) is 6.08. The minimum atomic E-state index is -0.644. The number of rotatable bonds is 7. The van der Waals surface area contributed by atoms with E-state index < -0.39 is 5.97 Å². The summed E-state index contributed by atoms with van der Waals surface area (Å²) in [6.45, 7) is 1.89. The first-order valence-corrected chi connectivity index (χ1v) is 8.63. The van der Waals surface area contributed by atoms with Gasteiger partial charge in [0.1, 0.15) is 11.3 Å². The Kier molecular flexibility index (Phi) is 5.76. The summed E-state index contributed by atoms with van der Waals surface area (Å²) < 4.78 is 15.7. The third-order valence-corrected chi connectivity index (χ3v) is 4.26. The molecule has 0 atom stereocenters. The van der Waals surface area contributed by atoms with Crippen LogP contribution in [-0.2, 0) is 16.0 Å². The second-order valence-electron chi connectivity index (χ2n) is 6.08. The van der Waals surface area contributed by atoms with Crippen molar-refractivity contribution in [3.8, 4) is 5.75 Å². The van der Waals surface area contributed by atoms with E-state index in [1.807, 2.05) is 42.5 Å². The second kappa shape index (κ2) is 8.40. The number of carbonyl (C=O) groups is 2. The van der Waals surface area contributed by atoms with Crippen LogP contribution in [0.2, 0.25) is 0 Å². The molecule has 1 aromatic heterocycles. The van der Waals surface area contributed by atoms with Crippen molar-refractivity contribution in [3.63, 3.8) is 0 Å². The van der Waals surface area contributed by atoms with Gasteiger partial charge in [-0.3, -0.25) is 4.79 Å². The molecule has 6 heteroatoms. The van der Waals surface area contributed by atoms with Crippen LogP contribution >= 0.6 is 0 Å².